The number of ether oxygens (including phenoxy) is 2. The zero-order valence-electron chi connectivity index (χ0n) is 9.56. The molecule has 0 saturated heterocycles. The van der Waals surface area contributed by atoms with Crippen LogP contribution in [0, 0.1) is 0 Å². The molecule has 0 bridgehead atoms. The second-order valence-electron chi connectivity index (χ2n) is 4.03. The predicted octanol–water partition coefficient (Wildman–Crippen LogP) is 2.38. The smallest absolute Gasteiger partial charge is 0.161 e. The second kappa shape index (κ2) is 5.21. The summed E-state index contributed by atoms with van der Waals surface area (Å²) in [5.74, 6) is 1.49. The van der Waals surface area contributed by atoms with Crippen molar-refractivity contribution in [3.8, 4) is 11.5 Å². The molecule has 2 rings (SSSR count). The summed E-state index contributed by atoms with van der Waals surface area (Å²) < 4.78 is 11.3. The third-order valence-electron chi connectivity index (χ3n) is 2.85. The van der Waals surface area contributed by atoms with Crippen molar-refractivity contribution < 1.29 is 14.6 Å². The molecule has 1 aromatic carbocycles. The average molecular weight is 222 g/mol. The molecule has 0 aliphatic heterocycles. The summed E-state index contributed by atoms with van der Waals surface area (Å²) in [5, 5.41) is 9.71. The minimum absolute atomic E-state index is 0.0818. The van der Waals surface area contributed by atoms with Crippen LogP contribution in [0.25, 0.3) is 0 Å². The standard InChI is InChI=1S/C13H18O3/c1-2-15-12-7-3-4-8-13(12)16-11-9-5-6-10(11)14/h3-4,7-8,10-11,14H,2,5-6,9H2,1H3/t10-,11-/m0/s1. The van der Waals surface area contributed by atoms with Gasteiger partial charge in [0.1, 0.15) is 6.10 Å². The molecule has 88 valence electrons. The van der Waals surface area contributed by atoms with Crippen molar-refractivity contribution >= 4 is 0 Å². The highest BCUT2D eigenvalue weighted by atomic mass is 16.5. The highest BCUT2D eigenvalue weighted by Crippen LogP contribution is 2.31. The molecule has 1 saturated carbocycles. The lowest BCUT2D eigenvalue weighted by Crippen LogP contribution is -2.25. The lowest BCUT2D eigenvalue weighted by Gasteiger charge is -2.19. The summed E-state index contributed by atoms with van der Waals surface area (Å²) in [6.07, 6.45) is 2.36. The maximum Gasteiger partial charge on any atom is 0.161 e. The summed E-state index contributed by atoms with van der Waals surface area (Å²) in [6.45, 7) is 2.56. The van der Waals surface area contributed by atoms with Crippen molar-refractivity contribution in [2.24, 2.45) is 0 Å². The fourth-order valence-electron chi connectivity index (χ4n) is 2.03. The van der Waals surface area contributed by atoms with Gasteiger partial charge in [-0.05, 0) is 38.3 Å². The highest BCUT2D eigenvalue weighted by molar-refractivity contribution is 5.39. The van der Waals surface area contributed by atoms with Crippen LogP contribution in [0.15, 0.2) is 24.3 Å². The number of benzene rings is 1. The van der Waals surface area contributed by atoms with Crippen LogP contribution in [0.3, 0.4) is 0 Å². The molecule has 3 nitrogen and oxygen atoms in total. The zero-order chi connectivity index (χ0) is 11.4. The number of hydrogen-bond acceptors (Lipinski definition) is 3. The van der Waals surface area contributed by atoms with E-state index in [0.29, 0.717) is 6.61 Å². The van der Waals surface area contributed by atoms with Crippen LogP contribution in [0.5, 0.6) is 11.5 Å². The molecule has 1 aliphatic carbocycles. The van der Waals surface area contributed by atoms with E-state index in [0.717, 1.165) is 30.8 Å². The average Bonchev–Trinajstić information content (AvgIpc) is 2.68. The van der Waals surface area contributed by atoms with Crippen LogP contribution in [0.2, 0.25) is 0 Å². The molecule has 0 spiro atoms. The Kier molecular flexibility index (Phi) is 3.67. The van der Waals surface area contributed by atoms with Crippen LogP contribution in [0.4, 0.5) is 0 Å². The van der Waals surface area contributed by atoms with Crippen molar-refractivity contribution in [1.29, 1.82) is 0 Å². The van der Waals surface area contributed by atoms with Crippen LogP contribution in [-0.4, -0.2) is 23.9 Å². The lowest BCUT2D eigenvalue weighted by atomic mass is 10.2. The van der Waals surface area contributed by atoms with Gasteiger partial charge in [-0.25, -0.2) is 0 Å². The van der Waals surface area contributed by atoms with E-state index in [1.165, 1.54) is 0 Å². The highest BCUT2D eigenvalue weighted by Gasteiger charge is 2.27. The summed E-state index contributed by atoms with van der Waals surface area (Å²) in [5.41, 5.74) is 0. The van der Waals surface area contributed by atoms with E-state index in [2.05, 4.69) is 0 Å². The number of hydrogen-bond donors (Lipinski definition) is 1. The molecular weight excluding hydrogens is 204 g/mol. The van der Waals surface area contributed by atoms with E-state index >= 15 is 0 Å². The molecule has 0 heterocycles. The number of rotatable bonds is 4. The maximum atomic E-state index is 9.71. The summed E-state index contributed by atoms with van der Waals surface area (Å²) in [4.78, 5) is 0. The van der Waals surface area contributed by atoms with Gasteiger partial charge in [0.25, 0.3) is 0 Å². The van der Waals surface area contributed by atoms with E-state index in [9.17, 15) is 5.11 Å². The van der Waals surface area contributed by atoms with Crippen molar-refractivity contribution in [2.75, 3.05) is 6.61 Å². The molecule has 1 fully saturated rings. The first-order valence-corrected chi connectivity index (χ1v) is 5.88. The molecule has 16 heavy (non-hydrogen) atoms. The van der Waals surface area contributed by atoms with Gasteiger partial charge < -0.3 is 14.6 Å². The van der Waals surface area contributed by atoms with Crippen LogP contribution in [-0.2, 0) is 0 Å². The van der Waals surface area contributed by atoms with Gasteiger partial charge in [0.15, 0.2) is 11.5 Å². The summed E-state index contributed by atoms with van der Waals surface area (Å²) in [6, 6.07) is 7.61. The molecule has 1 aromatic rings. The fraction of sp³-hybridized carbons (Fsp3) is 0.538. The van der Waals surface area contributed by atoms with Crippen molar-refractivity contribution in [2.45, 2.75) is 38.4 Å². The van der Waals surface area contributed by atoms with Gasteiger partial charge in [0.05, 0.1) is 12.7 Å². The zero-order valence-corrected chi connectivity index (χ0v) is 9.56. The van der Waals surface area contributed by atoms with Gasteiger partial charge in [0, 0.05) is 0 Å². The van der Waals surface area contributed by atoms with Crippen LogP contribution < -0.4 is 9.47 Å². The van der Waals surface area contributed by atoms with Crippen LogP contribution >= 0.6 is 0 Å². The third-order valence-corrected chi connectivity index (χ3v) is 2.85. The first-order chi connectivity index (χ1) is 7.81. The normalized spacial score (nSPS) is 24.4. The molecule has 1 N–H and O–H groups in total. The fourth-order valence-corrected chi connectivity index (χ4v) is 2.03. The quantitative estimate of drug-likeness (QED) is 0.850. The Morgan fingerprint density at radius 1 is 1.25 bits per heavy atom. The van der Waals surface area contributed by atoms with E-state index in [1.807, 2.05) is 31.2 Å². The molecule has 0 amide bonds. The second-order valence-corrected chi connectivity index (χ2v) is 4.03. The predicted molar refractivity (Wildman–Crippen MR) is 61.9 cm³/mol. The van der Waals surface area contributed by atoms with Crippen LogP contribution in [0.1, 0.15) is 26.2 Å². The molecule has 1 aliphatic rings. The summed E-state index contributed by atoms with van der Waals surface area (Å²) >= 11 is 0. The van der Waals surface area contributed by atoms with Crippen molar-refractivity contribution in [3.05, 3.63) is 24.3 Å². The minimum atomic E-state index is -0.338. The third kappa shape index (κ3) is 2.47. The molecule has 0 unspecified atom stereocenters. The van der Waals surface area contributed by atoms with Gasteiger partial charge in [-0.2, -0.15) is 0 Å². The number of para-hydroxylation sites is 2. The minimum Gasteiger partial charge on any atom is -0.490 e. The molecular formula is C13H18O3. The van der Waals surface area contributed by atoms with E-state index in [4.69, 9.17) is 9.47 Å². The molecule has 0 aromatic heterocycles. The van der Waals surface area contributed by atoms with Gasteiger partial charge in [-0.15, -0.1) is 0 Å². The van der Waals surface area contributed by atoms with E-state index in [-0.39, 0.29) is 12.2 Å². The Morgan fingerprint density at radius 2 is 2.00 bits per heavy atom. The molecule has 0 radical (unpaired) electrons. The van der Waals surface area contributed by atoms with Crippen molar-refractivity contribution in [1.82, 2.24) is 0 Å². The SMILES string of the molecule is CCOc1ccccc1O[C@H]1CCC[C@@H]1O. The Labute approximate surface area is 96.0 Å². The number of aliphatic hydroxyl groups excluding tert-OH is 1. The first-order valence-electron chi connectivity index (χ1n) is 5.88. The number of aliphatic hydroxyl groups is 1. The Hall–Kier alpha value is -1.22. The van der Waals surface area contributed by atoms with Gasteiger partial charge >= 0.3 is 0 Å². The van der Waals surface area contributed by atoms with E-state index in [1.54, 1.807) is 0 Å². The van der Waals surface area contributed by atoms with Crippen molar-refractivity contribution in [3.63, 3.8) is 0 Å². The first kappa shape index (κ1) is 11.3. The Bertz CT molecular complexity index is 338. The van der Waals surface area contributed by atoms with Gasteiger partial charge in [0.2, 0.25) is 0 Å². The largest absolute Gasteiger partial charge is 0.490 e. The summed E-state index contributed by atoms with van der Waals surface area (Å²) in [7, 11) is 0. The molecule has 3 heteroatoms. The topological polar surface area (TPSA) is 38.7 Å². The molecule has 2 atom stereocenters. The monoisotopic (exact) mass is 222 g/mol. The van der Waals surface area contributed by atoms with E-state index < -0.39 is 0 Å². The maximum absolute atomic E-state index is 9.71. The van der Waals surface area contributed by atoms with Gasteiger partial charge in [-0.1, -0.05) is 12.1 Å². The lowest BCUT2D eigenvalue weighted by molar-refractivity contribution is 0.0582. The van der Waals surface area contributed by atoms with Gasteiger partial charge in [-0.3, -0.25) is 0 Å². The Morgan fingerprint density at radius 3 is 2.62 bits per heavy atom. The Balaban J connectivity index is 2.07.